The van der Waals surface area contributed by atoms with Crippen LogP contribution in [0.15, 0.2) is 28.7 Å². The zero-order valence-electron chi connectivity index (χ0n) is 12.7. The van der Waals surface area contributed by atoms with Crippen LogP contribution < -0.4 is 5.32 Å². The van der Waals surface area contributed by atoms with Gasteiger partial charge in [0.1, 0.15) is 0 Å². The number of nitrogens with one attached hydrogen (secondary N) is 1. The molecule has 0 aromatic heterocycles. The Labute approximate surface area is 126 Å². The molecule has 0 radical (unpaired) electrons. The van der Waals surface area contributed by atoms with E-state index in [4.69, 9.17) is 0 Å². The summed E-state index contributed by atoms with van der Waals surface area (Å²) >= 11 is 3.46. The van der Waals surface area contributed by atoms with Gasteiger partial charge >= 0.3 is 0 Å². The molecule has 1 N–H and O–H groups in total. The first-order chi connectivity index (χ1) is 8.87. The maximum atomic E-state index is 3.52. The van der Waals surface area contributed by atoms with E-state index in [1.54, 1.807) is 0 Å². The summed E-state index contributed by atoms with van der Waals surface area (Å²) in [6.07, 6.45) is 1.23. The third-order valence-corrected chi connectivity index (χ3v) is 3.62. The molecule has 1 aromatic rings. The predicted molar refractivity (Wildman–Crippen MR) is 87.4 cm³/mol. The Morgan fingerprint density at radius 1 is 1.11 bits per heavy atom. The molecular weight excluding hydrogens is 300 g/mol. The highest BCUT2D eigenvalue weighted by molar-refractivity contribution is 9.10. The lowest BCUT2D eigenvalue weighted by Gasteiger charge is -2.20. The summed E-state index contributed by atoms with van der Waals surface area (Å²) in [6, 6.07) is 8.55. The zero-order chi connectivity index (χ0) is 14.3. The van der Waals surface area contributed by atoms with E-state index in [1.165, 1.54) is 12.0 Å². The Balaban J connectivity index is 2.14. The van der Waals surface area contributed by atoms with Crippen molar-refractivity contribution in [2.75, 3.05) is 26.7 Å². The van der Waals surface area contributed by atoms with Gasteiger partial charge in [0.25, 0.3) is 0 Å². The lowest BCUT2D eigenvalue weighted by molar-refractivity contribution is 0.314. The highest BCUT2D eigenvalue weighted by atomic mass is 79.9. The van der Waals surface area contributed by atoms with Gasteiger partial charge in [0.15, 0.2) is 0 Å². The first-order valence-corrected chi connectivity index (χ1v) is 7.80. The Kier molecular flexibility index (Phi) is 7.05. The molecule has 0 bridgehead atoms. The lowest BCUT2D eigenvalue weighted by atomic mass is 9.92. The van der Waals surface area contributed by atoms with Crippen LogP contribution in [0.2, 0.25) is 0 Å². The van der Waals surface area contributed by atoms with E-state index < -0.39 is 0 Å². The molecule has 0 heterocycles. The molecular formula is C16H27BrN2. The van der Waals surface area contributed by atoms with E-state index in [0.717, 1.165) is 30.7 Å². The minimum atomic E-state index is 0.427. The zero-order valence-corrected chi connectivity index (χ0v) is 14.3. The minimum absolute atomic E-state index is 0.427. The van der Waals surface area contributed by atoms with E-state index in [0.29, 0.717) is 5.41 Å². The van der Waals surface area contributed by atoms with Crippen molar-refractivity contribution in [2.24, 2.45) is 5.41 Å². The second-order valence-corrected chi connectivity index (χ2v) is 7.34. The van der Waals surface area contributed by atoms with Gasteiger partial charge in [-0.1, -0.05) is 48.8 Å². The van der Waals surface area contributed by atoms with E-state index in [9.17, 15) is 0 Å². The Bertz CT molecular complexity index is 354. The highest BCUT2D eigenvalue weighted by Crippen LogP contribution is 2.16. The van der Waals surface area contributed by atoms with Gasteiger partial charge in [-0.25, -0.2) is 0 Å². The average Bonchev–Trinajstić information content (AvgIpc) is 2.30. The Morgan fingerprint density at radius 3 is 2.32 bits per heavy atom. The van der Waals surface area contributed by atoms with Gasteiger partial charge in [0.05, 0.1) is 0 Å². The largest absolute Gasteiger partial charge is 0.315 e. The summed E-state index contributed by atoms with van der Waals surface area (Å²) < 4.78 is 1.14. The van der Waals surface area contributed by atoms with Crippen molar-refractivity contribution in [3.8, 4) is 0 Å². The van der Waals surface area contributed by atoms with Gasteiger partial charge in [-0.3, -0.25) is 0 Å². The number of likely N-dealkylation sites (N-methyl/N-ethyl adjacent to an activating group) is 1. The molecule has 1 aromatic carbocycles. The summed E-state index contributed by atoms with van der Waals surface area (Å²) in [7, 11) is 2.17. The summed E-state index contributed by atoms with van der Waals surface area (Å²) in [6.45, 7) is 11.1. The molecule has 0 aliphatic rings. The molecule has 0 aliphatic carbocycles. The maximum Gasteiger partial charge on any atom is 0.0231 e. The quantitative estimate of drug-likeness (QED) is 0.764. The minimum Gasteiger partial charge on any atom is -0.315 e. The van der Waals surface area contributed by atoms with Crippen LogP contribution in [0.5, 0.6) is 0 Å². The van der Waals surface area contributed by atoms with Crippen LogP contribution in [-0.2, 0) is 6.54 Å². The molecule has 0 saturated carbocycles. The Morgan fingerprint density at radius 2 is 1.74 bits per heavy atom. The number of nitrogens with zero attached hydrogens (tertiary/aromatic N) is 1. The average molecular weight is 327 g/mol. The summed E-state index contributed by atoms with van der Waals surface area (Å²) in [5.41, 5.74) is 1.79. The van der Waals surface area contributed by atoms with Gasteiger partial charge in [-0.05, 0) is 43.1 Å². The van der Waals surface area contributed by atoms with Crippen molar-refractivity contribution in [3.63, 3.8) is 0 Å². The molecule has 19 heavy (non-hydrogen) atoms. The lowest BCUT2D eigenvalue weighted by Crippen LogP contribution is -2.30. The Hall–Kier alpha value is -0.380. The fourth-order valence-corrected chi connectivity index (χ4v) is 2.10. The van der Waals surface area contributed by atoms with Crippen molar-refractivity contribution in [2.45, 2.75) is 33.7 Å². The van der Waals surface area contributed by atoms with Gasteiger partial charge in [-0.2, -0.15) is 0 Å². The van der Waals surface area contributed by atoms with E-state index >= 15 is 0 Å². The van der Waals surface area contributed by atoms with Crippen LogP contribution in [0.4, 0.5) is 0 Å². The van der Waals surface area contributed by atoms with Crippen LogP contribution in [0.25, 0.3) is 0 Å². The molecule has 3 heteroatoms. The van der Waals surface area contributed by atoms with E-state index in [1.807, 2.05) is 0 Å². The molecule has 0 amide bonds. The third kappa shape index (κ3) is 8.40. The number of rotatable bonds is 7. The first-order valence-electron chi connectivity index (χ1n) is 7.00. The van der Waals surface area contributed by atoms with Gasteiger partial charge < -0.3 is 10.2 Å². The SMILES string of the molecule is CN(CCNCCC(C)(C)C)Cc1ccc(Br)cc1. The van der Waals surface area contributed by atoms with Gasteiger partial charge in [-0.15, -0.1) is 0 Å². The molecule has 0 spiro atoms. The van der Waals surface area contributed by atoms with Crippen LogP contribution in [0, 0.1) is 5.41 Å². The first kappa shape index (κ1) is 16.7. The van der Waals surface area contributed by atoms with E-state index in [2.05, 4.69) is 78.2 Å². The van der Waals surface area contributed by atoms with E-state index in [-0.39, 0.29) is 0 Å². The van der Waals surface area contributed by atoms with Crippen molar-refractivity contribution in [1.82, 2.24) is 10.2 Å². The molecule has 0 saturated heterocycles. The number of benzene rings is 1. The summed E-state index contributed by atoms with van der Waals surface area (Å²) in [5.74, 6) is 0. The summed E-state index contributed by atoms with van der Waals surface area (Å²) in [5, 5.41) is 3.52. The fraction of sp³-hybridized carbons (Fsp3) is 0.625. The van der Waals surface area contributed by atoms with Crippen molar-refractivity contribution >= 4 is 15.9 Å². The molecule has 2 nitrogen and oxygen atoms in total. The maximum absolute atomic E-state index is 3.52. The van der Waals surface area contributed by atoms with Crippen LogP contribution >= 0.6 is 15.9 Å². The predicted octanol–water partition coefficient (Wildman–Crippen LogP) is 3.91. The highest BCUT2D eigenvalue weighted by Gasteiger charge is 2.08. The number of halogens is 1. The van der Waals surface area contributed by atoms with Crippen LogP contribution in [0.1, 0.15) is 32.8 Å². The standard InChI is InChI=1S/C16H27BrN2/c1-16(2,3)9-10-18-11-12-19(4)13-14-5-7-15(17)8-6-14/h5-8,18H,9-13H2,1-4H3. The fourth-order valence-electron chi connectivity index (χ4n) is 1.84. The number of hydrogen-bond donors (Lipinski definition) is 1. The molecule has 0 aliphatic heterocycles. The van der Waals surface area contributed by atoms with Crippen LogP contribution in [-0.4, -0.2) is 31.6 Å². The van der Waals surface area contributed by atoms with Crippen LogP contribution in [0.3, 0.4) is 0 Å². The van der Waals surface area contributed by atoms with Gasteiger partial charge in [0.2, 0.25) is 0 Å². The van der Waals surface area contributed by atoms with Crippen molar-refractivity contribution < 1.29 is 0 Å². The number of hydrogen-bond acceptors (Lipinski definition) is 2. The second kappa shape index (κ2) is 8.03. The molecule has 0 atom stereocenters. The normalized spacial score (nSPS) is 12.1. The molecule has 0 unspecified atom stereocenters. The molecule has 1 rings (SSSR count). The topological polar surface area (TPSA) is 15.3 Å². The molecule has 0 fully saturated rings. The van der Waals surface area contributed by atoms with Gasteiger partial charge in [0, 0.05) is 24.1 Å². The summed E-state index contributed by atoms with van der Waals surface area (Å²) in [4.78, 5) is 2.35. The monoisotopic (exact) mass is 326 g/mol. The van der Waals surface area contributed by atoms with Crippen molar-refractivity contribution in [3.05, 3.63) is 34.3 Å². The smallest absolute Gasteiger partial charge is 0.0231 e. The van der Waals surface area contributed by atoms with Crippen molar-refractivity contribution in [1.29, 1.82) is 0 Å². The second-order valence-electron chi connectivity index (χ2n) is 6.42. The molecule has 108 valence electrons. The third-order valence-electron chi connectivity index (χ3n) is 3.09.